The van der Waals surface area contributed by atoms with Crippen molar-refractivity contribution in [2.75, 3.05) is 5.32 Å². The van der Waals surface area contributed by atoms with E-state index in [1.165, 1.54) is 0 Å². The molecule has 0 atom stereocenters. The van der Waals surface area contributed by atoms with E-state index in [1.807, 2.05) is 5.32 Å². The third-order valence-electron chi connectivity index (χ3n) is 3.87. The monoisotopic (exact) mass is 409 g/mol. The van der Waals surface area contributed by atoms with Crippen LogP contribution in [0.3, 0.4) is 0 Å². The zero-order valence-corrected chi connectivity index (χ0v) is 14.7. The Kier molecular flexibility index (Phi) is 5.36. The molecule has 0 aliphatic heterocycles. The minimum absolute atomic E-state index is 0.214. The summed E-state index contributed by atoms with van der Waals surface area (Å²) >= 11 is 6.02. The van der Waals surface area contributed by atoms with Crippen molar-refractivity contribution in [3.8, 4) is 0 Å². The van der Waals surface area contributed by atoms with Crippen LogP contribution in [0.1, 0.15) is 15.9 Å². The molecule has 0 spiro atoms. The summed E-state index contributed by atoms with van der Waals surface area (Å²) in [5.41, 5.74) is -2.49. The van der Waals surface area contributed by atoms with Crippen LogP contribution in [0.15, 0.2) is 52.2 Å². The summed E-state index contributed by atoms with van der Waals surface area (Å²) in [4.78, 5) is 39.1. The van der Waals surface area contributed by atoms with Gasteiger partial charge in [0.15, 0.2) is 17.5 Å². The molecule has 2 N–H and O–H groups in total. The van der Waals surface area contributed by atoms with Crippen molar-refractivity contribution in [2.24, 2.45) is 0 Å². The molecule has 144 valence electrons. The number of amides is 1. The first-order valence-corrected chi connectivity index (χ1v) is 8.18. The van der Waals surface area contributed by atoms with Crippen LogP contribution in [0.25, 0.3) is 0 Å². The van der Waals surface area contributed by atoms with Crippen molar-refractivity contribution < 1.29 is 18.0 Å². The number of aromatic amines is 1. The molecule has 0 radical (unpaired) electrons. The normalized spacial score (nSPS) is 10.7. The number of anilines is 1. The van der Waals surface area contributed by atoms with Crippen LogP contribution >= 0.6 is 11.6 Å². The maximum Gasteiger partial charge on any atom is 0.328 e. The van der Waals surface area contributed by atoms with Crippen LogP contribution in [-0.4, -0.2) is 15.5 Å². The Morgan fingerprint density at radius 1 is 1.07 bits per heavy atom. The highest BCUT2D eigenvalue weighted by Crippen LogP contribution is 2.20. The van der Waals surface area contributed by atoms with Crippen LogP contribution < -0.4 is 16.6 Å². The van der Waals surface area contributed by atoms with Crippen LogP contribution in [0.5, 0.6) is 0 Å². The highest BCUT2D eigenvalue weighted by atomic mass is 35.5. The molecular weight excluding hydrogens is 399 g/mol. The van der Waals surface area contributed by atoms with Gasteiger partial charge in [-0.15, -0.1) is 0 Å². The summed E-state index contributed by atoms with van der Waals surface area (Å²) in [6, 6.07) is 7.91. The second-order valence-electron chi connectivity index (χ2n) is 5.67. The summed E-state index contributed by atoms with van der Waals surface area (Å²) in [5, 5.41) is 2.29. The fourth-order valence-electron chi connectivity index (χ4n) is 2.43. The molecule has 6 nitrogen and oxygen atoms in total. The SMILES string of the molecule is O=C(Nc1ccc(F)c(F)c1F)c1c[nH]c(=O)n(Cc2ccccc2Cl)c1=O. The predicted octanol–water partition coefficient (Wildman–Crippen LogP) is 2.91. The molecule has 1 heterocycles. The lowest BCUT2D eigenvalue weighted by Gasteiger charge is -2.10. The topological polar surface area (TPSA) is 84.0 Å². The number of H-pyrrole nitrogens is 1. The van der Waals surface area contributed by atoms with Crippen molar-refractivity contribution in [1.82, 2.24) is 9.55 Å². The van der Waals surface area contributed by atoms with Gasteiger partial charge in [-0.2, -0.15) is 0 Å². The van der Waals surface area contributed by atoms with Gasteiger partial charge in [-0.3, -0.25) is 14.2 Å². The molecule has 0 aliphatic rings. The number of nitrogens with one attached hydrogen (secondary N) is 2. The number of aromatic nitrogens is 2. The van der Waals surface area contributed by atoms with Gasteiger partial charge in [0, 0.05) is 11.2 Å². The maximum absolute atomic E-state index is 13.7. The number of nitrogens with zero attached hydrogens (tertiary/aromatic N) is 1. The van der Waals surface area contributed by atoms with Crippen LogP contribution in [0.4, 0.5) is 18.9 Å². The summed E-state index contributed by atoms with van der Waals surface area (Å²) in [6.45, 7) is -0.214. The van der Waals surface area contributed by atoms with Gasteiger partial charge in [0.05, 0.1) is 12.2 Å². The summed E-state index contributed by atoms with van der Waals surface area (Å²) < 4.78 is 40.7. The third kappa shape index (κ3) is 3.70. The van der Waals surface area contributed by atoms with Gasteiger partial charge < -0.3 is 10.3 Å². The Morgan fingerprint density at radius 3 is 2.50 bits per heavy atom. The second-order valence-corrected chi connectivity index (χ2v) is 6.07. The lowest BCUT2D eigenvalue weighted by atomic mass is 10.2. The molecule has 28 heavy (non-hydrogen) atoms. The van der Waals surface area contributed by atoms with E-state index in [0.29, 0.717) is 16.7 Å². The molecule has 0 bridgehead atoms. The number of rotatable bonds is 4. The van der Waals surface area contributed by atoms with E-state index < -0.39 is 45.9 Å². The molecule has 0 fully saturated rings. The molecule has 0 unspecified atom stereocenters. The summed E-state index contributed by atoms with van der Waals surface area (Å²) in [5.74, 6) is -5.93. The van der Waals surface area contributed by atoms with Crippen LogP contribution in [0.2, 0.25) is 5.02 Å². The fraction of sp³-hybridized carbons (Fsp3) is 0.0556. The van der Waals surface area contributed by atoms with E-state index in [2.05, 4.69) is 4.98 Å². The average Bonchev–Trinajstić information content (AvgIpc) is 2.67. The number of hydrogen-bond acceptors (Lipinski definition) is 3. The van der Waals surface area contributed by atoms with Crippen LogP contribution in [0, 0.1) is 17.5 Å². The number of carbonyl (C=O) groups excluding carboxylic acids is 1. The minimum atomic E-state index is -1.77. The van der Waals surface area contributed by atoms with Crippen molar-refractivity contribution in [1.29, 1.82) is 0 Å². The van der Waals surface area contributed by atoms with Gasteiger partial charge >= 0.3 is 5.69 Å². The number of carbonyl (C=O) groups is 1. The quantitative estimate of drug-likeness (QED) is 0.650. The van der Waals surface area contributed by atoms with E-state index >= 15 is 0 Å². The molecule has 1 aromatic heterocycles. The van der Waals surface area contributed by atoms with E-state index in [9.17, 15) is 27.6 Å². The number of halogens is 4. The van der Waals surface area contributed by atoms with Crippen molar-refractivity contribution in [2.45, 2.75) is 6.54 Å². The molecule has 3 aromatic rings. The van der Waals surface area contributed by atoms with E-state index in [0.717, 1.165) is 16.8 Å². The fourth-order valence-corrected chi connectivity index (χ4v) is 2.62. The van der Waals surface area contributed by atoms with Gasteiger partial charge in [0.25, 0.3) is 11.5 Å². The molecule has 2 aromatic carbocycles. The van der Waals surface area contributed by atoms with Crippen molar-refractivity contribution >= 4 is 23.2 Å². The standard InChI is InChI=1S/C18H11ClF3N3O3/c19-11-4-2-1-3-9(11)8-25-17(27)10(7-23-18(25)28)16(26)24-13-6-5-12(20)14(21)15(13)22/h1-7H,8H2,(H,23,28)(H,24,26). The van der Waals surface area contributed by atoms with Crippen LogP contribution in [-0.2, 0) is 6.54 Å². The Hall–Kier alpha value is -3.33. The third-order valence-corrected chi connectivity index (χ3v) is 4.24. The first-order valence-electron chi connectivity index (χ1n) is 7.80. The van der Waals surface area contributed by atoms with Gasteiger partial charge in [-0.25, -0.2) is 18.0 Å². The summed E-state index contributed by atoms with van der Waals surface area (Å²) in [6.07, 6.45) is 0.848. The molecule has 0 saturated carbocycles. The minimum Gasteiger partial charge on any atom is -0.319 e. The average molecular weight is 410 g/mol. The van der Waals surface area contributed by atoms with Gasteiger partial charge in [0.1, 0.15) is 5.56 Å². The van der Waals surface area contributed by atoms with E-state index in [4.69, 9.17) is 11.6 Å². The second kappa shape index (κ2) is 7.73. The predicted molar refractivity (Wildman–Crippen MR) is 96.1 cm³/mol. The smallest absolute Gasteiger partial charge is 0.319 e. The first-order chi connectivity index (χ1) is 13.3. The molecule has 3 rings (SSSR count). The summed E-state index contributed by atoms with van der Waals surface area (Å²) in [7, 11) is 0. The van der Waals surface area contributed by atoms with Crippen molar-refractivity contribution in [3.05, 3.63) is 97.0 Å². The molecule has 1 amide bonds. The first kappa shape index (κ1) is 19.4. The highest BCUT2D eigenvalue weighted by Gasteiger charge is 2.19. The van der Waals surface area contributed by atoms with Gasteiger partial charge in [0.2, 0.25) is 0 Å². The Morgan fingerprint density at radius 2 is 1.79 bits per heavy atom. The largest absolute Gasteiger partial charge is 0.328 e. The zero-order chi connectivity index (χ0) is 20.4. The highest BCUT2D eigenvalue weighted by molar-refractivity contribution is 6.31. The lowest BCUT2D eigenvalue weighted by Crippen LogP contribution is -2.39. The maximum atomic E-state index is 13.7. The Bertz CT molecular complexity index is 1190. The van der Waals surface area contributed by atoms with Gasteiger partial charge in [-0.05, 0) is 23.8 Å². The molecule has 0 saturated heterocycles. The molecule has 10 heteroatoms. The Labute approximate surface area is 160 Å². The van der Waals surface area contributed by atoms with Gasteiger partial charge in [-0.1, -0.05) is 29.8 Å². The zero-order valence-electron chi connectivity index (χ0n) is 13.9. The lowest BCUT2D eigenvalue weighted by molar-refractivity contribution is 0.102. The Balaban J connectivity index is 1.96. The molecular formula is C18H11ClF3N3O3. The van der Waals surface area contributed by atoms with E-state index in [-0.39, 0.29) is 6.54 Å². The number of hydrogen-bond donors (Lipinski definition) is 2. The number of benzene rings is 2. The van der Waals surface area contributed by atoms with E-state index in [1.54, 1.807) is 24.3 Å². The van der Waals surface area contributed by atoms with Crippen molar-refractivity contribution in [3.63, 3.8) is 0 Å². The molecule has 0 aliphatic carbocycles.